The van der Waals surface area contributed by atoms with Crippen molar-refractivity contribution in [3.05, 3.63) is 182 Å². The van der Waals surface area contributed by atoms with E-state index >= 15 is 0 Å². The van der Waals surface area contributed by atoms with Crippen molar-refractivity contribution in [1.29, 1.82) is 0 Å². The van der Waals surface area contributed by atoms with Gasteiger partial charge in [0.1, 0.15) is 0 Å². The Kier molecular flexibility index (Phi) is 3.87. The number of benzene rings is 9. The van der Waals surface area contributed by atoms with Crippen LogP contribution in [0.15, 0.2) is 182 Å². The quantitative estimate of drug-likeness (QED) is 0.178. The van der Waals surface area contributed by atoms with Crippen LogP contribution in [-0.2, 0) is 0 Å². The maximum absolute atomic E-state index is 9.30. The lowest BCUT2D eigenvalue weighted by molar-refractivity contribution is 1.62. The minimum Gasteiger partial charge on any atom is -0.0622 e. The largest absolute Gasteiger partial charge is 0.0629 e. The third-order valence-corrected chi connectivity index (χ3v) is 8.55. The maximum Gasteiger partial charge on any atom is 0.0629 e. The second-order valence-electron chi connectivity index (χ2n) is 11.1. The molecule has 46 heavy (non-hydrogen) atoms. The SMILES string of the molecule is [2H]c1c([2H])c([2H])c(-c2c3c([2H])c([2H])c([2H])c([2H])c3c(-c3cccc(-c4cccc5ccc(-c6ccc7ccccc7c6)cc45)c3)c3c([2H])c([2H])c([2H])c([2H])c23)c([2H])c1[2H]. The van der Waals surface area contributed by atoms with Gasteiger partial charge in [-0.25, -0.2) is 0 Å². The molecule has 0 heteroatoms. The molecule has 0 fully saturated rings. The summed E-state index contributed by atoms with van der Waals surface area (Å²) in [5.74, 6) is 0. The van der Waals surface area contributed by atoms with Crippen molar-refractivity contribution in [2.24, 2.45) is 0 Å². The van der Waals surface area contributed by atoms with Crippen molar-refractivity contribution in [2.45, 2.75) is 0 Å². The van der Waals surface area contributed by atoms with Gasteiger partial charge in [0.15, 0.2) is 0 Å². The summed E-state index contributed by atoms with van der Waals surface area (Å²) in [6.07, 6.45) is 0. The Labute approximate surface area is 287 Å². The van der Waals surface area contributed by atoms with Crippen molar-refractivity contribution in [1.82, 2.24) is 0 Å². The average Bonchev–Trinajstić information content (AvgIpc) is 3.26. The lowest BCUT2D eigenvalue weighted by atomic mass is 9.85. The first kappa shape index (κ1) is 16.4. The number of hydrogen-bond acceptors (Lipinski definition) is 0. The van der Waals surface area contributed by atoms with E-state index in [0.29, 0.717) is 5.56 Å². The third kappa shape index (κ3) is 4.38. The van der Waals surface area contributed by atoms with Crippen molar-refractivity contribution < 1.29 is 17.8 Å². The Hall–Kier alpha value is -5.98. The summed E-state index contributed by atoms with van der Waals surface area (Å²) in [5.41, 5.74) is 3.32. The van der Waals surface area contributed by atoms with Crippen molar-refractivity contribution >= 4 is 43.1 Å². The zero-order valence-corrected chi connectivity index (χ0v) is 24.3. The average molecular weight is 596 g/mol. The predicted molar refractivity (Wildman–Crippen MR) is 198 cm³/mol. The van der Waals surface area contributed by atoms with Gasteiger partial charge in [0.2, 0.25) is 0 Å². The Morgan fingerprint density at radius 3 is 1.57 bits per heavy atom. The summed E-state index contributed by atoms with van der Waals surface area (Å²) >= 11 is 0. The number of fused-ring (bicyclic) bond motifs is 4. The molecular weight excluding hydrogens is 553 g/mol. The number of hydrogen-bond donors (Lipinski definition) is 0. The monoisotopic (exact) mass is 595 g/mol. The molecule has 0 aliphatic rings. The lowest BCUT2D eigenvalue weighted by Crippen LogP contribution is -1.91. The van der Waals surface area contributed by atoms with Gasteiger partial charge in [-0.15, -0.1) is 0 Å². The fourth-order valence-corrected chi connectivity index (χ4v) is 6.45. The normalized spacial score (nSPS) is 15.4. The molecule has 0 aromatic heterocycles. The highest BCUT2D eigenvalue weighted by atomic mass is 14.2. The highest BCUT2D eigenvalue weighted by Gasteiger charge is 2.17. The van der Waals surface area contributed by atoms with Crippen LogP contribution in [0.3, 0.4) is 0 Å². The molecule has 0 nitrogen and oxygen atoms in total. The summed E-state index contributed by atoms with van der Waals surface area (Å²) in [5, 5.41) is 3.43. The molecule has 0 spiro atoms. The topological polar surface area (TPSA) is 0 Å². The Morgan fingerprint density at radius 2 is 0.848 bits per heavy atom. The molecule has 0 bridgehead atoms. The van der Waals surface area contributed by atoms with E-state index in [9.17, 15) is 5.48 Å². The van der Waals surface area contributed by atoms with Gasteiger partial charge in [-0.2, -0.15) is 0 Å². The highest BCUT2D eigenvalue weighted by molar-refractivity contribution is 6.21. The summed E-state index contributed by atoms with van der Waals surface area (Å²) in [7, 11) is 0. The fourth-order valence-electron chi connectivity index (χ4n) is 6.45. The van der Waals surface area contributed by atoms with Crippen LogP contribution < -0.4 is 0 Å². The smallest absolute Gasteiger partial charge is 0.0622 e. The van der Waals surface area contributed by atoms with E-state index in [1.807, 2.05) is 42.5 Å². The van der Waals surface area contributed by atoms with Crippen LogP contribution in [0.2, 0.25) is 0 Å². The van der Waals surface area contributed by atoms with Crippen LogP contribution in [0.4, 0.5) is 0 Å². The first-order chi connectivity index (χ1) is 28.2. The summed E-state index contributed by atoms with van der Waals surface area (Å²) < 4.78 is 115. The molecule has 0 heterocycles. The zero-order chi connectivity index (χ0) is 41.8. The van der Waals surface area contributed by atoms with E-state index < -0.39 is 84.1 Å². The molecule has 0 amide bonds. The first-order valence-corrected chi connectivity index (χ1v) is 14.9. The van der Waals surface area contributed by atoms with Gasteiger partial charge in [0.25, 0.3) is 0 Å². The fraction of sp³-hybridized carbons (Fsp3) is 0. The molecule has 0 unspecified atom stereocenters. The van der Waals surface area contributed by atoms with Crippen LogP contribution in [-0.4, -0.2) is 0 Å². The molecule has 0 atom stereocenters. The first-order valence-electron chi connectivity index (χ1n) is 21.4. The minimum atomic E-state index is -0.709. The molecule has 0 radical (unpaired) electrons. The van der Waals surface area contributed by atoms with Crippen LogP contribution in [0, 0.1) is 0 Å². The molecule has 0 saturated carbocycles. The van der Waals surface area contributed by atoms with Crippen LogP contribution in [0.1, 0.15) is 17.8 Å². The van der Waals surface area contributed by atoms with E-state index in [-0.39, 0.29) is 32.7 Å². The number of rotatable bonds is 4. The molecule has 0 N–H and O–H groups in total. The molecule has 9 aromatic carbocycles. The van der Waals surface area contributed by atoms with Crippen LogP contribution >= 0.6 is 0 Å². The Bertz CT molecular complexity index is 3210. The van der Waals surface area contributed by atoms with E-state index in [1.54, 1.807) is 12.1 Å². The van der Waals surface area contributed by atoms with E-state index in [4.69, 9.17) is 12.3 Å². The zero-order valence-electron chi connectivity index (χ0n) is 37.3. The van der Waals surface area contributed by atoms with Gasteiger partial charge >= 0.3 is 0 Å². The predicted octanol–water partition coefficient (Wildman–Crippen LogP) is 13.0. The van der Waals surface area contributed by atoms with Gasteiger partial charge < -0.3 is 0 Å². The maximum atomic E-state index is 9.30. The molecule has 0 aliphatic carbocycles. The summed E-state index contributed by atoms with van der Waals surface area (Å²) in [6.45, 7) is 0. The molecule has 9 aromatic rings. The molecular formula is C46H30. The van der Waals surface area contributed by atoms with Gasteiger partial charge in [0, 0.05) is 0 Å². The summed E-state index contributed by atoms with van der Waals surface area (Å²) in [4.78, 5) is 0. The van der Waals surface area contributed by atoms with Gasteiger partial charge in [-0.05, 0) is 106 Å². The molecule has 214 valence electrons. The van der Waals surface area contributed by atoms with Crippen molar-refractivity contribution in [2.75, 3.05) is 0 Å². The molecule has 0 saturated heterocycles. The van der Waals surface area contributed by atoms with Crippen molar-refractivity contribution in [3.8, 4) is 44.5 Å². The Morgan fingerprint density at radius 1 is 0.304 bits per heavy atom. The lowest BCUT2D eigenvalue weighted by Gasteiger charge is -2.18. The molecule has 0 aliphatic heterocycles. The van der Waals surface area contributed by atoms with Crippen LogP contribution in [0.25, 0.3) is 87.6 Å². The van der Waals surface area contributed by atoms with Gasteiger partial charge in [-0.3, -0.25) is 0 Å². The third-order valence-electron chi connectivity index (χ3n) is 8.55. The van der Waals surface area contributed by atoms with Crippen molar-refractivity contribution in [3.63, 3.8) is 0 Å². The molecule has 9 rings (SSSR count). The highest BCUT2D eigenvalue weighted by Crippen LogP contribution is 2.44. The van der Waals surface area contributed by atoms with E-state index in [0.717, 1.165) is 43.8 Å². The Balaban J connectivity index is 1.40. The van der Waals surface area contributed by atoms with Gasteiger partial charge in [-0.1, -0.05) is 163 Å². The second kappa shape index (κ2) is 10.9. The van der Waals surface area contributed by atoms with Gasteiger partial charge in [0.05, 0.1) is 17.8 Å². The standard InChI is InChI=1S/C46H30/c1-2-13-33(14-3-1)45-40-19-6-8-21-42(40)46(43-22-9-7-20-41(43)45)38-18-10-17-37(29-38)39-23-11-16-32-25-27-36(30-44(32)39)35-26-24-31-12-4-5-15-34(31)28-35/h1-30H/i1D,2D,3D,6D,7D,8D,9D,13D,14D,19D,20D,21D,22D. The minimum absolute atomic E-state index is 0.0871. The van der Waals surface area contributed by atoms with Crippen LogP contribution in [0.5, 0.6) is 0 Å². The van der Waals surface area contributed by atoms with E-state index in [1.165, 1.54) is 0 Å². The second-order valence-corrected chi connectivity index (χ2v) is 11.1. The van der Waals surface area contributed by atoms with E-state index in [2.05, 4.69) is 48.5 Å². The summed E-state index contributed by atoms with van der Waals surface area (Å²) in [6, 6.07) is 25.6.